The second-order valence-electron chi connectivity index (χ2n) is 2.27. The molecule has 0 fully saturated rings. The van der Waals surface area contributed by atoms with Gasteiger partial charge in [0.2, 0.25) is 0 Å². The molecule has 0 unspecified atom stereocenters. The van der Waals surface area contributed by atoms with Crippen LogP contribution in [0, 0.1) is 0 Å². The van der Waals surface area contributed by atoms with Crippen molar-refractivity contribution in [3.63, 3.8) is 0 Å². The minimum absolute atomic E-state index is 0.226. The third-order valence-electron chi connectivity index (χ3n) is 1.38. The summed E-state index contributed by atoms with van der Waals surface area (Å²) in [6.45, 7) is 1.69. The monoisotopic (exact) mass is 138 g/mol. The lowest BCUT2D eigenvalue weighted by Crippen LogP contribution is -1.88. The first-order chi connectivity index (χ1) is 4.70. The van der Waals surface area contributed by atoms with Gasteiger partial charge >= 0.3 is 0 Å². The van der Waals surface area contributed by atoms with Gasteiger partial charge in [-0.1, -0.05) is 12.1 Å². The second-order valence-corrected chi connectivity index (χ2v) is 2.27. The van der Waals surface area contributed by atoms with Crippen LogP contribution >= 0.6 is 0 Å². The lowest BCUT2D eigenvalue weighted by atomic mass is 10.1. The van der Waals surface area contributed by atoms with E-state index in [-0.39, 0.29) is 5.75 Å². The molecule has 1 aromatic rings. The molecule has 0 amide bonds. The van der Waals surface area contributed by atoms with Crippen molar-refractivity contribution in [1.82, 2.24) is 0 Å². The summed E-state index contributed by atoms with van der Waals surface area (Å²) < 4.78 is 0. The maximum Gasteiger partial charge on any atom is 0.115 e. The van der Waals surface area contributed by atoms with Gasteiger partial charge in [0, 0.05) is 0 Å². The van der Waals surface area contributed by atoms with Crippen LogP contribution in [0.5, 0.6) is 5.75 Å². The van der Waals surface area contributed by atoms with Crippen LogP contribution in [0.15, 0.2) is 24.3 Å². The van der Waals surface area contributed by atoms with Crippen LogP contribution in [0.25, 0.3) is 0 Å². The number of aliphatic hydroxyl groups is 1. The molecule has 0 aromatic heterocycles. The highest BCUT2D eigenvalue weighted by Crippen LogP contribution is 2.15. The van der Waals surface area contributed by atoms with Gasteiger partial charge in [-0.3, -0.25) is 0 Å². The summed E-state index contributed by atoms with van der Waals surface area (Å²) in [6.07, 6.45) is -0.458. The summed E-state index contributed by atoms with van der Waals surface area (Å²) in [7, 11) is 0. The van der Waals surface area contributed by atoms with Gasteiger partial charge in [0.05, 0.1) is 6.10 Å². The first-order valence-corrected chi connectivity index (χ1v) is 3.17. The molecule has 1 atom stereocenters. The maximum atomic E-state index is 9.03. The molecule has 0 aliphatic carbocycles. The van der Waals surface area contributed by atoms with Crippen molar-refractivity contribution >= 4 is 0 Å². The van der Waals surface area contributed by atoms with E-state index in [4.69, 9.17) is 10.2 Å². The van der Waals surface area contributed by atoms with E-state index in [1.807, 2.05) is 0 Å². The number of phenolic OH excluding ortho intramolecular Hbond substituents is 1. The van der Waals surface area contributed by atoms with E-state index >= 15 is 0 Å². The van der Waals surface area contributed by atoms with Crippen molar-refractivity contribution in [3.8, 4) is 5.75 Å². The zero-order valence-corrected chi connectivity index (χ0v) is 5.78. The highest BCUT2D eigenvalue weighted by molar-refractivity contribution is 5.26. The third kappa shape index (κ3) is 1.48. The topological polar surface area (TPSA) is 40.5 Å². The van der Waals surface area contributed by atoms with Crippen molar-refractivity contribution in [2.75, 3.05) is 0 Å². The molecule has 54 valence electrons. The van der Waals surface area contributed by atoms with Crippen molar-refractivity contribution in [2.45, 2.75) is 13.0 Å². The summed E-state index contributed by atoms with van der Waals surface area (Å²) in [6, 6.07) is 6.50. The van der Waals surface area contributed by atoms with Crippen molar-refractivity contribution in [1.29, 1.82) is 0 Å². The number of hydrogen-bond donors (Lipinski definition) is 2. The Bertz CT molecular complexity index is 201. The summed E-state index contributed by atoms with van der Waals surface area (Å²) in [5.74, 6) is 0.226. The molecule has 1 aromatic carbocycles. The van der Waals surface area contributed by atoms with Crippen LogP contribution < -0.4 is 0 Å². The molecule has 0 aliphatic heterocycles. The minimum Gasteiger partial charge on any atom is -0.508 e. The molecule has 0 saturated heterocycles. The minimum atomic E-state index is -0.458. The van der Waals surface area contributed by atoms with E-state index in [0.717, 1.165) is 5.56 Å². The average molecular weight is 138 g/mol. The fourth-order valence-corrected chi connectivity index (χ4v) is 0.753. The van der Waals surface area contributed by atoms with E-state index in [1.165, 1.54) is 0 Å². The molecule has 0 radical (unpaired) electrons. The zero-order valence-electron chi connectivity index (χ0n) is 5.78. The molecular formula is C8H10O2. The second kappa shape index (κ2) is 2.71. The number of aromatic hydroxyl groups is 1. The fourth-order valence-electron chi connectivity index (χ4n) is 0.753. The van der Waals surface area contributed by atoms with Gasteiger partial charge in [0.1, 0.15) is 5.75 Å². The predicted octanol–water partition coefficient (Wildman–Crippen LogP) is 1.45. The van der Waals surface area contributed by atoms with E-state index in [1.54, 1.807) is 31.2 Å². The number of aliphatic hydroxyl groups excluding tert-OH is 1. The lowest BCUT2D eigenvalue weighted by Gasteiger charge is -2.02. The van der Waals surface area contributed by atoms with Crippen molar-refractivity contribution in [3.05, 3.63) is 29.8 Å². The predicted molar refractivity (Wildman–Crippen MR) is 38.7 cm³/mol. The van der Waals surface area contributed by atoms with Gasteiger partial charge in [-0.05, 0) is 24.6 Å². The molecule has 0 aliphatic rings. The molecule has 2 nitrogen and oxygen atoms in total. The lowest BCUT2D eigenvalue weighted by molar-refractivity contribution is 0.199. The smallest absolute Gasteiger partial charge is 0.115 e. The van der Waals surface area contributed by atoms with Crippen LogP contribution in [0.4, 0.5) is 0 Å². The van der Waals surface area contributed by atoms with Crippen molar-refractivity contribution in [2.24, 2.45) is 0 Å². The average Bonchev–Trinajstić information content (AvgIpc) is 1.88. The van der Waals surface area contributed by atoms with E-state index in [9.17, 15) is 0 Å². The Balaban J connectivity index is 2.89. The van der Waals surface area contributed by atoms with Crippen LogP contribution in [-0.4, -0.2) is 10.2 Å². The summed E-state index contributed by atoms with van der Waals surface area (Å²) in [5.41, 5.74) is 0.817. The molecule has 2 heteroatoms. The molecule has 0 heterocycles. The van der Waals surface area contributed by atoms with Crippen LogP contribution in [0.1, 0.15) is 18.6 Å². The van der Waals surface area contributed by atoms with E-state index in [0.29, 0.717) is 0 Å². The third-order valence-corrected chi connectivity index (χ3v) is 1.38. The Morgan fingerprint density at radius 3 is 2.10 bits per heavy atom. The highest BCUT2D eigenvalue weighted by Gasteiger charge is 1.97. The summed E-state index contributed by atoms with van der Waals surface area (Å²) in [5, 5.41) is 17.9. The number of rotatable bonds is 1. The summed E-state index contributed by atoms with van der Waals surface area (Å²) in [4.78, 5) is 0. The van der Waals surface area contributed by atoms with Gasteiger partial charge < -0.3 is 10.2 Å². The Hall–Kier alpha value is -1.02. The van der Waals surface area contributed by atoms with Crippen LogP contribution in [0.2, 0.25) is 0 Å². The van der Waals surface area contributed by atoms with Gasteiger partial charge in [-0.25, -0.2) is 0 Å². The molecule has 1 rings (SSSR count). The molecule has 0 spiro atoms. The van der Waals surface area contributed by atoms with Gasteiger partial charge in [0.15, 0.2) is 0 Å². The molecule has 2 N–H and O–H groups in total. The highest BCUT2D eigenvalue weighted by atomic mass is 16.3. The maximum absolute atomic E-state index is 9.03. The first-order valence-electron chi connectivity index (χ1n) is 3.17. The quantitative estimate of drug-likeness (QED) is 0.616. The van der Waals surface area contributed by atoms with Gasteiger partial charge in [0.25, 0.3) is 0 Å². The molecule has 0 saturated carbocycles. The molecule has 0 bridgehead atoms. The van der Waals surface area contributed by atoms with Gasteiger partial charge in [-0.15, -0.1) is 0 Å². The van der Waals surface area contributed by atoms with Gasteiger partial charge in [-0.2, -0.15) is 0 Å². The molecular weight excluding hydrogens is 128 g/mol. The van der Waals surface area contributed by atoms with E-state index in [2.05, 4.69) is 0 Å². The number of phenols is 1. The summed E-state index contributed by atoms with van der Waals surface area (Å²) >= 11 is 0. The standard InChI is InChI=1S/C8H10O2/c1-6(9)7-2-4-8(10)5-3-7/h2-6,9-10H,1H3/t6-/m0/s1. The Morgan fingerprint density at radius 2 is 1.70 bits per heavy atom. The fraction of sp³-hybridized carbons (Fsp3) is 0.250. The zero-order chi connectivity index (χ0) is 7.56. The first kappa shape index (κ1) is 7.09. The van der Waals surface area contributed by atoms with E-state index < -0.39 is 6.10 Å². The SMILES string of the molecule is C[C@H](O)c1ccc(O)cc1. The Labute approximate surface area is 59.7 Å². The number of benzene rings is 1. The largest absolute Gasteiger partial charge is 0.508 e. The van der Waals surface area contributed by atoms with Crippen LogP contribution in [-0.2, 0) is 0 Å². The Kier molecular flexibility index (Phi) is 1.92. The number of hydrogen-bond acceptors (Lipinski definition) is 2. The molecule has 10 heavy (non-hydrogen) atoms. The Morgan fingerprint density at radius 1 is 1.20 bits per heavy atom. The normalized spacial score (nSPS) is 13.0. The van der Waals surface area contributed by atoms with Crippen molar-refractivity contribution < 1.29 is 10.2 Å². The van der Waals surface area contributed by atoms with Crippen LogP contribution in [0.3, 0.4) is 0 Å².